The largest absolute Gasteiger partial charge is 0.338 e. The van der Waals surface area contributed by atoms with Crippen molar-refractivity contribution in [2.75, 3.05) is 0 Å². The Balaban J connectivity index is 1.50. The number of carbonyl (C=O) groups excluding carboxylic acids is 1. The number of amides is 1. The smallest absolute Gasteiger partial charge is 0.263 e. The average Bonchev–Trinajstić information content (AvgIpc) is 3.20. The Hall–Kier alpha value is -4.45. The van der Waals surface area contributed by atoms with Crippen molar-refractivity contribution >= 4 is 16.9 Å². The molecule has 1 atom stereocenters. The lowest BCUT2D eigenvalue weighted by Gasteiger charge is -2.19. The molecule has 5 rings (SSSR count). The third-order valence-electron chi connectivity index (χ3n) is 6.19. The summed E-state index contributed by atoms with van der Waals surface area (Å²) < 4.78 is 3.55. The Labute approximate surface area is 203 Å². The monoisotopic (exact) mass is 462 g/mol. The first kappa shape index (κ1) is 22.3. The van der Waals surface area contributed by atoms with Gasteiger partial charge in [0, 0.05) is 13.2 Å². The van der Waals surface area contributed by atoms with Crippen LogP contribution >= 0.6 is 0 Å². The summed E-state index contributed by atoms with van der Waals surface area (Å²) in [4.78, 5) is 31.5. The number of para-hydroxylation sites is 2. The highest BCUT2D eigenvalue weighted by atomic mass is 16.2. The maximum Gasteiger partial charge on any atom is 0.263 e. The fraction of sp³-hybridized carbons (Fsp3) is 0.138. The number of rotatable bonds is 6. The number of hydrogen-bond acceptors (Lipinski definition) is 3. The van der Waals surface area contributed by atoms with E-state index in [-0.39, 0.29) is 11.1 Å². The third-order valence-corrected chi connectivity index (χ3v) is 6.19. The van der Waals surface area contributed by atoms with Crippen molar-refractivity contribution in [3.05, 3.63) is 136 Å². The number of nitrogens with one attached hydrogen (secondary N) is 1. The highest BCUT2D eigenvalue weighted by molar-refractivity contribution is 5.94. The average molecular weight is 463 g/mol. The van der Waals surface area contributed by atoms with Crippen molar-refractivity contribution in [2.45, 2.75) is 19.5 Å². The summed E-state index contributed by atoms with van der Waals surface area (Å²) in [6, 6.07) is 28.3. The van der Waals surface area contributed by atoms with Crippen molar-refractivity contribution in [1.82, 2.24) is 19.4 Å². The lowest BCUT2D eigenvalue weighted by molar-refractivity contribution is 0.0939. The number of pyridine rings is 1. The van der Waals surface area contributed by atoms with E-state index in [1.807, 2.05) is 97.4 Å². The molecule has 35 heavy (non-hydrogen) atoms. The number of hydrogen-bond donors (Lipinski definition) is 1. The Morgan fingerprint density at radius 3 is 2.49 bits per heavy atom. The Bertz CT molecular complexity index is 1570. The first-order chi connectivity index (χ1) is 17.0. The molecule has 0 aliphatic rings. The maximum atomic E-state index is 13.4. The topological polar surface area (TPSA) is 68.9 Å². The number of imidazole rings is 1. The summed E-state index contributed by atoms with van der Waals surface area (Å²) in [6.45, 7) is 2.41. The minimum atomic E-state index is -0.522. The highest BCUT2D eigenvalue weighted by Gasteiger charge is 2.24. The molecule has 5 aromatic rings. The van der Waals surface area contributed by atoms with Crippen LogP contribution in [0, 0.1) is 6.92 Å². The summed E-state index contributed by atoms with van der Waals surface area (Å²) in [6.07, 6.45) is 1.71. The van der Waals surface area contributed by atoms with Gasteiger partial charge in [-0.05, 0) is 42.3 Å². The second-order valence-corrected chi connectivity index (χ2v) is 8.68. The predicted molar refractivity (Wildman–Crippen MR) is 137 cm³/mol. The van der Waals surface area contributed by atoms with E-state index >= 15 is 0 Å². The van der Waals surface area contributed by atoms with Crippen LogP contribution in [0.3, 0.4) is 0 Å². The van der Waals surface area contributed by atoms with E-state index in [9.17, 15) is 9.59 Å². The molecule has 6 heteroatoms. The van der Waals surface area contributed by atoms with Gasteiger partial charge in [-0.15, -0.1) is 0 Å². The van der Waals surface area contributed by atoms with Crippen molar-refractivity contribution in [2.24, 2.45) is 7.05 Å². The predicted octanol–water partition coefficient (Wildman–Crippen LogP) is 4.61. The Morgan fingerprint density at radius 1 is 0.943 bits per heavy atom. The van der Waals surface area contributed by atoms with Crippen LogP contribution in [0.5, 0.6) is 0 Å². The summed E-state index contributed by atoms with van der Waals surface area (Å²) >= 11 is 0. The molecule has 1 amide bonds. The van der Waals surface area contributed by atoms with Gasteiger partial charge in [-0.3, -0.25) is 9.59 Å². The summed E-state index contributed by atoms with van der Waals surface area (Å²) in [5.41, 5.74) is 4.60. The Morgan fingerprint density at radius 2 is 1.71 bits per heavy atom. The molecule has 1 unspecified atom stereocenters. The lowest BCUT2D eigenvalue weighted by Crippen LogP contribution is -2.36. The number of nitrogens with zero attached hydrogens (tertiary/aromatic N) is 3. The van der Waals surface area contributed by atoms with E-state index in [1.165, 1.54) is 0 Å². The van der Waals surface area contributed by atoms with Crippen molar-refractivity contribution in [1.29, 1.82) is 0 Å². The van der Waals surface area contributed by atoms with Crippen molar-refractivity contribution < 1.29 is 4.79 Å². The van der Waals surface area contributed by atoms with Gasteiger partial charge in [0.25, 0.3) is 11.5 Å². The van der Waals surface area contributed by atoms with Gasteiger partial charge in [0.05, 0.1) is 17.6 Å². The number of benzene rings is 3. The first-order valence-corrected chi connectivity index (χ1v) is 11.5. The molecular formula is C29H26N4O2. The van der Waals surface area contributed by atoms with E-state index < -0.39 is 11.9 Å². The van der Waals surface area contributed by atoms with Crippen LogP contribution in [0.4, 0.5) is 0 Å². The molecule has 174 valence electrons. The number of fused-ring (bicyclic) bond motifs is 1. The summed E-state index contributed by atoms with van der Waals surface area (Å²) in [5, 5.41) is 3.07. The molecule has 0 saturated heterocycles. The summed E-state index contributed by atoms with van der Waals surface area (Å²) in [5.74, 6) is 0.260. The molecule has 0 saturated carbocycles. The number of aryl methyl sites for hydroxylation is 2. The quantitative estimate of drug-likeness (QED) is 0.401. The zero-order valence-corrected chi connectivity index (χ0v) is 19.7. The van der Waals surface area contributed by atoms with Gasteiger partial charge in [-0.2, -0.15) is 0 Å². The molecule has 3 aromatic carbocycles. The SMILES string of the molecule is Cc1cccc(Cn2cccc(C(=O)NC(c3ccccc3)c3nc4ccccc4n3C)c2=O)c1. The molecule has 0 aliphatic heterocycles. The maximum absolute atomic E-state index is 13.4. The van der Waals surface area contributed by atoms with Crippen LogP contribution in [-0.2, 0) is 13.6 Å². The van der Waals surface area contributed by atoms with E-state index in [0.717, 1.165) is 27.7 Å². The minimum Gasteiger partial charge on any atom is -0.338 e. The molecule has 2 heterocycles. The molecule has 2 aromatic heterocycles. The van der Waals surface area contributed by atoms with Gasteiger partial charge >= 0.3 is 0 Å². The minimum absolute atomic E-state index is 0.0971. The molecule has 0 spiro atoms. The van der Waals surface area contributed by atoms with Crippen molar-refractivity contribution in [3.8, 4) is 0 Å². The summed E-state index contributed by atoms with van der Waals surface area (Å²) in [7, 11) is 1.93. The molecule has 0 aliphatic carbocycles. The van der Waals surface area contributed by atoms with Crippen LogP contribution in [0.1, 0.15) is 38.9 Å². The fourth-order valence-electron chi connectivity index (χ4n) is 4.42. The zero-order valence-electron chi connectivity index (χ0n) is 19.7. The van der Waals surface area contributed by atoms with Crippen LogP contribution in [0.25, 0.3) is 11.0 Å². The van der Waals surface area contributed by atoms with Crippen LogP contribution < -0.4 is 10.9 Å². The molecule has 0 bridgehead atoms. The van der Waals surface area contributed by atoms with Gasteiger partial charge < -0.3 is 14.5 Å². The number of aromatic nitrogens is 3. The molecule has 0 radical (unpaired) electrons. The fourth-order valence-corrected chi connectivity index (χ4v) is 4.42. The van der Waals surface area contributed by atoms with Crippen LogP contribution in [-0.4, -0.2) is 20.0 Å². The van der Waals surface area contributed by atoms with Gasteiger partial charge in [0.15, 0.2) is 0 Å². The van der Waals surface area contributed by atoms with Crippen molar-refractivity contribution in [3.63, 3.8) is 0 Å². The van der Waals surface area contributed by atoms with E-state index in [1.54, 1.807) is 22.9 Å². The number of carbonyl (C=O) groups is 1. The van der Waals surface area contributed by atoms with Gasteiger partial charge in [-0.1, -0.05) is 72.3 Å². The lowest BCUT2D eigenvalue weighted by atomic mass is 10.1. The molecule has 6 nitrogen and oxygen atoms in total. The second kappa shape index (κ2) is 9.43. The van der Waals surface area contributed by atoms with E-state index in [4.69, 9.17) is 4.98 Å². The van der Waals surface area contributed by atoms with Crippen LogP contribution in [0.15, 0.2) is 102 Å². The Kier molecular flexibility index (Phi) is 6.02. The normalized spacial score (nSPS) is 11.9. The standard InChI is InChI=1S/C29H26N4O2/c1-20-10-8-11-21(18-20)19-33-17-9-14-23(29(33)35)28(34)31-26(22-12-4-3-5-13-22)27-30-24-15-6-7-16-25(24)32(27)2/h3-18,26H,19H2,1-2H3,(H,31,34). The third kappa shape index (κ3) is 4.51. The highest BCUT2D eigenvalue weighted by Crippen LogP contribution is 2.25. The van der Waals surface area contributed by atoms with Gasteiger partial charge in [-0.25, -0.2) is 4.98 Å². The van der Waals surface area contributed by atoms with E-state index in [2.05, 4.69) is 5.32 Å². The molecule has 0 fully saturated rings. The van der Waals surface area contributed by atoms with E-state index in [0.29, 0.717) is 12.4 Å². The molecular weight excluding hydrogens is 436 g/mol. The van der Waals surface area contributed by atoms with Crippen LogP contribution in [0.2, 0.25) is 0 Å². The first-order valence-electron chi connectivity index (χ1n) is 11.5. The van der Waals surface area contributed by atoms with Gasteiger partial charge in [0.1, 0.15) is 17.4 Å². The second-order valence-electron chi connectivity index (χ2n) is 8.68. The zero-order chi connectivity index (χ0) is 24.4. The van der Waals surface area contributed by atoms with Gasteiger partial charge in [0.2, 0.25) is 0 Å². The molecule has 1 N–H and O–H groups in total.